The molecule has 0 unspecified atom stereocenters. The van der Waals surface area contributed by atoms with Crippen molar-refractivity contribution in [1.82, 2.24) is 0 Å². The van der Waals surface area contributed by atoms with Crippen LogP contribution in [0.1, 0.15) is 60.3 Å². The quantitative estimate of drug-likeness (QED) is 0.434. The number of ether oxygens (including phenoxy) is 2. The van der Waals surface area contributed by atoms with Crippen molar-refractivity contribution in [1.29, 1.82) is 0 Å². The summed E-state index contributed by atoms with van der Waals surface area (Å²) in [5.41, 5.74) is -1.57. The molecule has 0 saturated heterocycles. The predicted octanol–water partition coefficient (Wildman–Crippen LogP) is 4.66. The first-order chi connectivity index (χ1) is 11.0. The summed E-state index contributed by atoms with van der Waals surface area (Å²) in [4.78, 5) is 23.3. The maximum Gasteiger partial charge on any atom is 0.456 e. The van der Waals surface area contributed by atoms with Crippen LogP contribution >= 0.6 is 0 Å². The van der Waals surface area contributed by atoms with Gasteiger partial charge in [-0.1, -0.05) is 6.92 Å². The minimum atomic E-state index is -5.77. The average molecular weight is 376 g/mol. The van der Waals surface area contributed by atoms with Crippen molar-refractivity contribution in [3.05, 3.63) is 0 Å². The van der Waals surface area contributed by atoms with Gasteiger partial charge in [-0.3, -0.25) is 9.59 Å². The van der Waals surface area contributed by atoms with Crippen LogP contribution in [0.4, 0.5) is 22.0 Å². The molecule has 148 valence electrons. The summed E-state index contributed by atoms with van der Waals surface area (Å²) in [5, 5.41) is 0. The molecule has 25 heavy (non-hydrogen) atoms. The fraction of sp³-hybridized carbons (Fsp3) is 0.875. The lowest BCUT2D eigenvalue weighted by Gasteiger charge is -2.30. The van der Waals surface area contributed by atoms with E-state index in [0.29, 0.717) is 6.42 Å². The van der Waals surface area contributed by atoms with E-state index in [1.807, 2.05) is 6.92 Å². The lowest BCUT2D eigenvalue weighted by atomic mass is 9.90. The molecule has 0 aliphatic rings. The Bertz CT molecular complexity index is 470. The van der Waals surface area contributed by atoms with Crippen molar-refractivity contribution in [2.45, 2.75) is 78.0 Å². The molecule has 0 rings (SSSR count). The highest BCUT2D eigenvalue weighted by Crippen LogP contribution is 2.35. The second-order valence-corrected chi connectivity index (χ2v) is 7.10. The molecule has 0 heterocycles. The predicted molar refractivity (Wildman–Crippen MR) is 80.1 cm³/mol. The number of carbonyl (C=O) groups excluding carboxylic acids is 2. The normalized spacial score (nSPS) is 13.5. The summed E-state index contributed by atoms with van der Waals surface area (Å²) >= 11 is 0. The fourth-order valence-electron chi connectivity index (χ4n) is 1.57. The van der Waals surface area contributed by atoms with Crippen LogP contribution in [0, 0.1) is 5.41 Å². The molecule has 0 aromatic carbocycles. The van der Waals surface area contributed by atoms with Crippen molar-refractivity contribution < 1.29 is 41.0 Å². The van der Waals surface area contributed by atoms with E-state index >= 15 is 0 Å². The standard InChI is InChI=1S/C16H25F5O4/c1-6-13(2,3)12(23)25-14(4,5)9-7-8-11(22)24-10-15(17,18)16(19,20)21/h6-10H2,1-5H3. The first-order valence-electron chi connectivity index (χ1n) is 7.88. The third-order valence-electron chi connectivity index (χ3n) is 3.79. The van der Waals surface area contributed by atoms with Crippen LogP contribution in [0.2, 0.25) is 0 Å². The van der Waals surface area contributed by atoms with E-state index < -0.39 is 41.7 Å². The first kappa shape index (κ1) is 23.6. The van der Waals surface area contributed by atoms with Gasteiger partial charge in [0.25, 0.3) is 0 Å². The number of hydrogen-bond acceptors (Lipinski definition) is 4. The van der Waals surface area contributed by atoms with E-state index in [1.165, 1.54) is 0 Å². The highest BCUT2D eigenvalue weighted by Gasteiger charge is 2.58. The number of esters is 2. The molecule has 0 aliphatic carbocycles. The maximum absolute atomic E-state index is 12.6. The molecule has 0 saturated carbocycles. The summed E-state index contributed by atoms with van der Waals surface area (Å²) < 4.78 is 70.5. The third kappa shape index (κ3) is 8.00. The zero-order chi connectivity index (χ0) is 20.1. The van der Waals surface area contributed by atoms with Crippen molar-refractivity contribution >= 4 is 11.9 Å². The molecule has 0 aromatic rings. The van der Waals surface area contributed by atoms with E-state index in [2.05, 4.69) is 4.74 Å². The molecule has 9 heteroatoms. The van der Waals surface area contributed by atoms with E-state index in [9.17, 15) is 31.5 Å². The first-order valence-corrected chi connectivity index (χ1v) is 7.88. The van der Waals surface area contributed by atoms with Crippen molar-refractivity contribution in [2.75, 3.05) is 6.61 Å². The van der Waals surface area contributed by atoms with Crippen LogP contribution in [0.25, 0.3) is 0 Å². The smallest absolute Gasteiger partial charge is 0.456 e. The summed E-state index contributed by atoms with van der Waals surface area (Å²) in [6.07, 6.45) is -5.21. The van der Waals surface area contributed by atoms with Gasteiger partial charge in [0.1, 0.15) is 5.60 Å². The molecule has 0 amide bonds. The third-order valence-corrected chi connectivity index (χ3v) is 3.79. The van der Waals surface area contributed by atoms with E-state index in [0.717, 1.165) is 0 Å². The minimum absolute atomic E-state index is 0.114. The lowest BCUT2D eigenvalue weighted by molar-refractivity contribution is -0.294. The maximum atomic E-state index is 12.6. The van der Waals surface area contributed by atoms with Gasteiger partial charge in [0, 0.05) is 6.42 Å². The van der Waals surface area contributed by atoms with Crippen molar-refractivity contribution in [2.24, 2.45) is 5.41 Å². The van der Waals surface area contributed by atoms with Gasteiger partial charge in [0.15, 0.2) is 6.61 Å². The molecule has 0 bridgehead atoms. The Labute approximate surface area is 144 Å². The molecule has 0 atom stereocenters. The van der Waals surface area contributed by atoms with Gasteiger partial charge < -0.3 is 9.47 Å². The fourth-order valence-corrected chi connectivity index (χ4v) is 1.57. The average Bonchev–Trinajstić information content (AvgIpc) is 2.43. The lowest BCUT2D eigenvalue weighted by Crippen LogP contribution is -2.41. The molecular formula is C16H25F5O4. The van der Waals surface area contributed by atoms with Crippen LogP contribution < -0.4 is 0 Å². The summed E-state index contributed by atoms with van der Waals surface area (Å²) in [6, 6.07) is 0. The van der Waals surface area contributed by atoms with Crippen molar-refractivity contribution in [3.8, 4) is 0 Å². The largest absolute Gasteiger partial charge is 0.459 e. The molecule has 0 aliphatic heterocycles. The SMILES string of the molecule is CCC(C)(C)C(=O)OC(C)(C)CCCC(=O)OCC(F)(F)C(F)(F)F. The van der Waals surface area contributed by atoms with Crippen LogP contribution in [0.3, 0.4) is 0 Å². The highest BCUT2D eigenvalue weighted by molar-refractivity contribution is 5.76. The number of hydrogen-bond donors (Lipinski definition) is 0. The Morgan fingerprint density at radius 2 is 1.48 bits per heavy atom. The molecule has 0 aromatic heterocycles. The zero-order valence-electron chi connectivity index (χ0n) is 15.1. The second kappa shape index (κ2) is 8.31. The Hall–Kier alpha value is -1.41. The van der Waals surface area contributed by atoms with Gasteiger partial charge in [-0.15, -0.1) is 0 Å². The Morgan fingerprint density at radius 1 is 0.960 bits per heavy atom. The Kier molecular flexibility index (Phi) is 7.84. The Balaban J connectivity index is 4.33. The van der Waals surface area contributed by atoms with Gasteiger partial charge in [0.05, 0.1) is 5.41 Å². The van der Waals surface area contributed by atoms with E-state index in [4.69, 9.17) is 4.74 Å². The Morgan fingerprint density at radius 3 is 1.92 bits per heavy atom. The highest BCUT2D eigenvalue weighted by atomic mass is 19.4. The molecule has 4 nitrogen and oxygen atoms in total. The van der Waals surface area contributed by atoms with Crippen LogP contribution in [-0.2, 0) is 19.1 Å². The second-order valence-electron chi connectivity index (χ2n) is 7.10. The van der Waals surface area contributed by atoms with E-state index in [-0.39, 0.29) is 19.3 Å². The van der Waals surface area contributed by atoms with Crippen LogP contribution in [0.15, 0.2) is 0 Å². The van der Waals surface area contributed by atoms with Crippen LogP contribution in [0.5, 0.6) is 0 Å². The van der Waals surface area contributed by atoms with E-state index in [1.54, 1.807) is 27.7 Å². The van der Waals surface area contributed by atoms with Gasteiger partial charge >= 0.3 is 24.0 Å². The van der Waals surface area contributed by atoms with Gasteiger partial charge in [-0.2, -0.15) is 22.0 Å². The molecule has 0 fully saturated rings. The van der Waals surface area contributed by atoms with Gasteiger partial charge in [-0.25, -0.2) is 0 Å². The molecular weight excluding hydrogens is 351 g/mol. The molecule has 0 radical (unpaired) electrons. The minimum Gasteiger partial charge on any atom is -0.459 e. The van der Waals surface area contributed by atoms with Gasteiger partial charge in [0.2, 0.25) is 0 Å². The monoisotopic (exact) mass is 376 g/mol. The summed E-state index contributed by atoms with van der Waals surface area (Å²) in [6.45, 7) is 6.49. The van der Waals surface area contributed by atoms with Crippen LogP contribution in [-0.4, -0.2) is 36.2 Å². The summed E-state index contributed by atoms with van der Waals surface area (Å²) in [5.74, 6) is -6.66. The van der Waals surface area contributed by atoms with Crippen molar-refractivity contribution in [3.63, 3.8) is 0 Å². The zero-order valence-corrected chi connectivity index (χ0v) is 15.1. The molecule has 0 spiro atoms. The summed E-state index contributed by atoms with van der Waals surface area (Å²) in [7, 11) is 0. The number of carbonyl (C=O) groups is 2. The van der Waals surface area contributed by atoms with Gasteiger partial charge in [-0.05, 0) is 47.0 Å². The molecule has 0 N–H and O–H groups in total. The number of halogens is 5. The topological polar surface area (TPSA) is 52.6 Å². The number of alkyl halides is 5. The number of rotatable bonds is 9.